The molecule has 1 aliphatic heterocycles. The highest BCUT2D eigenvalue weighted by molar-refractivity contribution is 6.30. The van der Waals surface area contributed by atoms with Gasteiger partial charge in [0.2, 0.25) is 5.91 Å². The van der Waals surface area contributed by atoms with Crippen molar-refractivity contribution in [2.75, 3.05) is 26.3 Å². The van der Waals surface area contributed by atoms with Gasteiger partial charge in [-0.1, -0.05) is 11.6 Å². The molecular formula is C14H17ClN2O4. The minimum Gasteiger partial charge on any atom is -0.507 e. The second-order valence-corrected chi connectivity index (χ2v) is 5.08. The number of hydrogen-bond acceptors (Lipinski definition) is 4. The van der Waals surface area contributed by atoms with Crippen LogP contribution in [0.2, 0.25) is 5.02 Å². The number of benzene rings is 1. The van der Waals surface area contributed by atoms with Crippen molar-refractivity contribution in [1.29, 1.82) is 0 Å². The van der Waals surface area contributed by atoms with E-state index in [9.17, 15) is 14.7 Å². The molecule has 7 heteroatoms. The first-order chi connectivity index (χ1) is 10.0. The van der Waals surface area contributed by atoms with Crippen LogP contribution in [0, 0.1) is 0 Å². The van der Waals surface area contributed by atoms with Gasteiger partial charge in [-0.25, -0.2) is 0 Å². The molecule has 1 fully saturated rings. The quantitative estimate of drug-likeness (QED) is 0.873. The molecule has 0 aliphatic carbocycles. The topological polar surface area (TPSA) is 78.9 Å². The number of phenols is 1. The number of rotatable bonds is 3. The Kier molecular flexibility index (Phi) is 5.03. The van der Waals surface area contributed by atoms with Gasteiger partial charge in [0, 0.05) is 18.1 Å². The lowest BCUT2D eigenvalue weighted by Gasteiger charge is -2.34. The maximum atomic E-state index is 12.5. The zero-order chi connectivity index (χ0) is 15.4. The number of nitrogens with one attached hydrogen (secondary N) is 1. The molecule has 0 bridgehead atoms. The molecule has 2 rings (SSSR count). The van der Waals surface area contributed by atoms with Crippen LogP contribution in [-0.2, 0) is 9.53 Å². The van der Waals surface area contributed by atoms with Crippen LogP contribution in [0.4, 0.5) is 0 Å². The number of ether oxygens (including phenoxy) is 1. The van der Waals surface area contributed by atoms with Crippen molar-refractivity contribution in [3.63, 3.8) is 0 Å². The van der Waals surface area contributed by atoms with Crippen molar-refractivity contribution in [2.45, 2.75) is 13.0 Å². The summed E-state index contributed by atoms with van der Waals surface area (Å²) in [7, 11) is 0. The van der Waals surface area contributed by atoms with E-state index in [1.807, 2.05) is 0 Å². The summed E-state index contributed by atoms with van der Waals surface area (Å²) < 4.78 is 5.28. The number of carbonyl (C=O) groups excluding carboxylic acids is 2. The maximum Gasteiger partial charge on any atom is 0.258 e. The summed E-state index contributed by atoms with van der Waals surface area (Å²) >= 11 is 5.76. The van der Waals surface area contributed by atoms with E-state index in [-0.39, 0.29) is 23.8 Å². The van der Waals surface area contributed by atoms with Crippen LogP contribution in [0.25, 0.3) is 0 Å². The molecule has 2 N–H and O–H groups in total. The van der Waals surface area contributed by atoms with Gasteiger partial charge in [0.15, 0.2) is 0 Å². The minimum absolute atomic E-state index is 0.121. The van der Waals surface area contributed by atoms with E-state index < -0.39 is 11.9 Å². The first kappa shape index (κ1) is 15.6. The van der Waals surface area contributed by atoms with Gasteiger partial charge in [-0.2, -0.15) is 0 Å². The second kappa shape index (κ2) is 6.78. The van der Waals surface area contributed by atoms with Gasteiger partial charge in [0.05, 0.1) is 18.8 Å². The highest BCUT2D eigenvalue weighted by atomic mass is 35.5. The zero-order valence-corrected chi connectivity index (χ0v) is 12.4. The summed E-state index contributed by atoms with van der Waals surface area (Å²) in [5.74, 6) is -0.878. The molecule has 21 heavy (non-hydrogen) atoms. The van der Waals surface area contributed by atoms with Crippen LogP contribution in [0.15, 0.2) is 18.2 Å². The van der Waals surface area contributed by atoms with Gasteiger partial charge in [-0.3, -0.25) is 9.59 Å². The van der Waals surface area contributed by atoms with Crippen molar-refractivity contribution in [1.82, 2.24) is 10.2 Å². The third-order valence-electron chi connectivity index (χ3n) is 3.23. The Morgan fingerprint density at radius 1 is 1.52 bits per heavy atom. The van der Waals surface area contributed by atoms with E-state index in [1.54, 1.807) is 6.92 Å². The van der Waals surface area contributed by atoms with Crippen molar-refractivity contribution >= 4 is 23.4 Å². The van der Waals surface area contributed by atoms with E-state index in [2.05, 4.69) is 5.32 Å². The number of hydrogen-bond donors (Lipinski definition) is 2. The van der Waals surface area contributed by atoms with Crippen LogP contribution >= 0.6 is 11.6 Å². The summed E-state index contributed by atoms with van der Waals surface area (Å²) in [4.78, 5) is 26.0. The number of amides is 2. The lowest BCUT2D eigenvalue weighted by molar-refractivity contribution is -0.130. The highest BCUT2D eigenvalue weighted by Crippen LogP contribution is 2.24. The fourth-order valence-corrected chi connectivity index (χ4v) is 2.36. The smallest absolute Gasteiger partial charge is 0.258 e. The van der Waals surface area contributed by atoms with Gasteiger partial charge in [-0.05, 0) is 25.1 Å². The Morgan fingerprint density at radius 2 is 2.29 bits per heavy atom. The number of halogens is 1. The Labute approximate surface area is 127 Å². The predicted molar refractivity (Wildman–Crippen MR) is 77.4 cm³/mol. The molecule has 0 saturated carbocycles. The van der Waals surface area contributed by atoms with Crippen molar-refractivity contribution in [3.05, 3.63) is 28.8 Å². The van der Waals surface area contributed by atoms with Gasteiger partial charge in [0.25, 0.3) is 5.91 Å². The number of morpholine rings is 1. The molecule has 1 aromatic carbocycles. The van der Waals surface area contributed by atoms with E-state index in [1.165, 1.54) is 23.1 Å². The first-order valence-electron chi connectivity index (χ1n) is 6.69. The Bertz CT molecular complexity index is 550. The molecule has 2 amide bonds. The molecule has 0 radical (unpaired) electrons. The normalized spacial score (nSPS) is 18.4. The highest BCUT2D eigenvalue weighted by Gasteiger charge is 2.33. The number of aromatic hydroxyl groups is 1. The summed E-state index contributed by atoms with van der Waals surface area (Å²) in [5, 5.41) is 12.9. The summed E-state index contributed by atoms with van der Waals surface area (Å²) in [5.41, 5.74) is 0.121. The molecule has 0 spiro atoms. The molecule has 1 saturated heterocycles. The predicted octanol–water partition coefficient (Wildman–Crippen LogP) is 1.02. The van der Waals surface area contributed by atoms with E-state index in [4.69, 9.17) is 16.3 Å². The Morgan fingerprint density at radius 3 is 2.95 bits per heavy atom. The van der Waals surface area contributed by atoms with Crippen LogP contribution in [0.1, 0.15) is 17.3 Å². The van der Waals surface area contributed by atoms with E-state index >= 15 is 0 Å². The second-order valence-electron chi connectivity index (χ2n) is 4.65. The largest absolute Gasteiger partial charge is 0.507 e. The summed E-state index contributed by atoms with van der Waals surface area (Å²) in [6.07, 6.45) is 0. The SMILES string of the molecule is CCNC(=O)C1COCCN1C(=O)c1ccc(Cl)cc1O. The molecule has 1 aliphatic rings. The van der Waals surface area contributed by atoms with E-state index in [0.717, 1.165) is 0 Å². The molecular weight excluding hydrogens is 296 g/mol. The number of likely N-dealkylation sites (N-methyl/N-ethyl adjacent to an activating group) is 1. The molecule has 0 aromatic heterocycles. The van der Waals surface area contributed by atoms with Gasteiger partial charge < -0.3 is 20.1 Å². The van der Waals surface area contributed by atoms with Gasteiger partial charge in [-0.15, -0.1) is 0 Å². The fraction of sp³-hybridized carbons (Fsp3) is 0.429. The Balaban J connectivity index is 2.24. The molecule has 6 nitrogen and oxygen atoms in total. The standard InChI is InChI=1S/C14H17ClN2O4/c1-2-16-13(19)11-8-21-6-5-17(11)14(20)10-4-3-9(15)7-12(10)18/h3-4,7,11,18H,2,5-6,8H2,1H3,(H,16,19). The summed E-state index contributed by atoms with van der Waals surface area (Å²) in [6.45, 7) is 3.08. The van der Waals surface area contributed by atoms with Gasteiger partial charge >= 0.3 is 0 Å². The summed E-state index contributed by atoms with van der Waals surface area (Å²) in [6, 6.07) is 3.58. The molecule has 1 unspecified atom stereocenters. The minimum atomic E-state index is -0.693. The van der Waals surface area contributed by atoms with Crippen molar-refractivity contribution in [2.24, 2.45) is 0 Å². The van der Waals surface area contributed by atoms with Crippen LogP contribution in [0.3, 0.4) is 0 Å². The lowest BCUT2D eigenvalue weighted by atomic mass is 10.1. The van der Waals surface area contributed by atoms with Crippen molar-refractivity contribution < 1.29 is 19.4 Å². The number of carbonyl (C=O) groups is 2. The zero-order valence-electron chi connectivity index (χ0n) is 11.6. The molecule has 1 aromatic rings. The number of nitrogens with zero attached hydrogens (tertiary/aromatic N) is 1. The monoisotopic (exact) mass is 312 g/mol. The number of phenolic OH excluding ortho intramolecular Hbond substituents is 1. The molecule has 1 heterocycles. The van der Waals surface area contributed by atoms with Crippen LogP contribution in [-0.4, -0.2) is 54.2 Å². The maximum absolute atomic E-state index is 12.5. The average Bonchev–Trinajstić information content (AvgIpc) is 2.47. The third kappa shape index (κ3) is 3.46. The first-order valence-corrected chi connectivity index (χ1v) is 7.07. The van der Waals surface area contributed by atoms with Crippen LogP contribution in [0.5, 0.6) is 5.75 Å². The van der Waals surface area contributed by atoms with Crippen LogP contribution < -0.4 is 5.32 Å². The molecule has 114 valence electrons. The molecule has 1 atom stereocenters. The van der Waals surface area contributed by atoms with E-state index in [0.29, 0.717) is 24.7 Å². The lowest BCUT2D eigenvalue weighted by Crippen LogP contribution is -2.55. The van der Waals surface area contributed by atoms with Crippen molar-refractivity contribution in [3.8, 4) is 5.75 Å². The fourth-order valence-electron chi connectivity index (χ4n) is 2.20. The Hall–Kier alpha value is -1.79. The van der Waals surface area contributed by atoms with Gasteiger partial charge in [0.1, 0.15) is 11.8 Å². The average molecular weight is 313 g/mol. The third-order valence-corrected chi connectivity index (χ3v) is 3.47.